The number of ketones is 1. The van der Waals surface area contributed by atoms with Gasteiger partial charge in [0.15, 0.2) is 0 Å². The van der Waals surface area contributed by atoms with Crippen LogP contribution in [0.2, 0.25) is 0 Å². The van der Waals surface area contributed by atoms with Crippen molar-refractivity contribution in [3.05, 3.63) is 58.3 Å². The number of carbonyl (C=O) groups excluding carboxylic acids is 1. The maximum atomic E-state index is 12.7. The number of benzene rings is 2. The highest BCUT2D eigenvalue weighted by Gasteiger charge is 2.38. The summed E-state index contributed by atoms with van der Waals surface area (Å²) in [6, 6.07) is 10.2. The Morgan fingerprint density at radius 1 is 1.05 bits per heavy atom. The first-order valence-corrected chi connectivity index (χ1v) is 6.78. The van der Waals surface area contributed by atoms with Gasteiger partial charge in [-0.1, -0.05) is 12.1 Å². The van der Waals surface area contributed by atoms with Gasteiger partial charge in [-0.15, -0.1) is 0 Å². The van der Waals surface area contributed by atoms with E-state index in [1.165, 1.54) is 14.2 Å². The van der Waals surface area contributed by atoms with Crippen LogP contribution in [0.4, 0.5) is 5.69 Å². The van der Waals surface area contributed by atoms with Crippen LogP contribution in [0.5, 0.6) is 11.5 Å². The van der Waals surface area contributed by atoms with Gasteiger partial charge in [-0.25, -0.2) is 0 Å². The van der Waals surface area contributed by atoms with Gasteiger partial charge in [-0.05, 0) is 24.6 Å². The molecule has 0 aliphatic carbocycles. The molecule has 112 valence electrons. The van der Waals surface area contributed by atoms with Crippen LogP contribution in [0.1, 0.15) is 21.5 Å². The van der Waals surface area contributed by atoms with Crippen molar-refractivity contribution < 1.29 is 19.0 Å². The second-order valence-corrected chi connectivity index (χ2v) is 5.04. The van der Waals surface area contributed by atoms with Crippen LogP contribution in [0.3, 0.4) is 0 Å². The number of ether oxygens (including phenoxy) is 2. The molecule has 0 amide bonds. The van der Waals surface area contributed by atoms with Gasteiger partial charge in [0.05, 0.1) is 19.8 Å². The first kappa shape index (κ1) is 14.1. The summed E-state index contributed by atoms with van der Waals surface area (Å²) in [6.45, 7) is 1.82. The van der Waals surface area contributed by atoms with E-state index in [4.69, 9.17) is 9.47 Å². The third-order valence-electron chi connectivity index (χ3n) is 3.74. The molecule has 0 atom stereocenters. The Kier molecular flexibility index (Phi) is 3.33. The number of hydrogen-bond acceptors (Lipinski definition) is 4. The summed E-state index contributed by atoms with van der Waals surface area (Å²) >= 11 is 0. The van der Waals surface area contributed by atoms with Crippen molar-refractivity contribution >= 4 is 17.2 Å². The Bertz CT molecular complexity index is 786. The fourth-order valence-electron chi connectivity index (χ4n) is 2.64. The highest BCUT2D eigenvalue weighted by Crippen LogP contribution is 2.32. The van der Waals surface area contributed by atoms with Gasteiger partial charge in [0.1, 0.15) is 17.1 Å². The smallest absolute Gasteiger partial charge is 0.273 e. The minimum absolute atomic E-state index is 0.0847. The molecule has 22 heavy (non-hydrogen) atoms. The first-order chi connectivity index (χ1) is 10.6. The number of Topliss-reactive ketones (excluding diaryl/α,β-unsaturated/α-hetero) is 1. The molecule has 1 aliphatic rings. The molecule has 0 aromatic heterocycles. The molecule has 0 fully saturated rings. The van der Waals surface area contributed by atoms with Crippen molar-refractivity contribution in [2.24, 2.45) is 0 Å². The van der Waals surface area contributed by atoms with Gasteiger partial charge in [0, 0.05) is 12.1 Å². The average Bonchev–Trinajstić information content (AvgIpc) is 2.79. The van der Waals surface area contributed by atoms with E-state index in [0.717, 1.165) is 5.56 Å². The van der Waals surface area contributed by atoms with E-state index in [0.29, 0.717) is 33.1 Å². The quantitative estimate of drug-likeness (QED) is 0.645. The van der Waals surface area contributed by atoms with Crippen molar-refractivity contribution in [2.45, 2.75) is 6.92 Å². The SMILES string of the molecule is COc1cc(OC)cc(C2=[N+]([O-])c3cccc(C)c3C2=O)c1. The summed E-state index contributed by atoms with van der Waals surface area (Å²) in [6.07, 6.45) is 0. The van der Waals surface area contributed by atoms with Crippen molar-refractivity contribution in [1.82, 2.24) is 0 Å². The maximum absolute atomic E-state index is 12.7. The Hall–Kier alpha value is -2.82. The summed E-state index contributed by atoms with van der Waals surface area (Å²) in [7, 11) is 3.04. The number of carbonyl (C=O) groups is 1. The van der Waals surface area contributed by atoms with E-state index < -0.39 is 0 Å². The topological polar surface area (TPSA) is 61.6 Å². The van der Waals surface area contributed by atoms with Gasteiger partial charge < -0.3 is 14.7 Å². The van der Waals surface area contributed by atoms with Crippen molar-refractivity contribution in [3.8, 4) is 11.5 Å². The van der Waals surface area contributed by atoms with E-state index in [9.17, 15) is 10.0 Å². The molecule has 5 heteroatoms. The lowest BCUT2D eigenvalue weighted by Crippen LogP contribution is -2.17. The van der Waals surface area contributed by atoms with Crippen LogP contribution in [-0.2, 0) is 0 Å². The number of fused-ring (bicyclic) bond motifs is 1. The molecule has 1 aliphatic heterocycles. The normalized spacial score (nSPS) is 13.3. The van der Waals surface area contributed by atoms with E-state index in [1.807, 2.05) is 13.0 Å². The zero-order chi connectivity index (χ0) is 15.9. The number of methoxy groups -OCH3 is 2. The Labute approximate surface area is 128 Å². The summed E-state index contributed by atoms with van der Waals surface area (Å²) < 4.78 is 11.1. The van der Waals surface area contributed by atoms with Crippen molar-refractivity contribution in [1.29, 1.82) is 0 Å². The Balaban J connectivity index is 2.20. The van der Waals surface area contributed by atoms with Crippen LogP contribution in [0.25, 0.3) is 0 Å². The van der Waals surface area contributed by atoms with Gasteiger partial charge in [0.25, 0.3) is 11.5 Å². The van der Waals surface area contributed by atoms with E-state index in [-0.39, 0.29) is 11.5 Å². The Morgan fingerprint density at radius 3 is 2.23 bits per heavy atom. The molecule has 5 nitrogen and oxygen atoms in total. The molecule has 0 saturated heterocycles. The monoisotopic (exact) mass is 297 g/mol. The van der Waals surface area contributed by atoms with Gasteiger partial charge in [0.2, 0.25) is 5.69 Å². The molecule has 0 radical (unpaired) electrons. The highest BCUT2D eigenvalue weighted by atomic mass is 16.5. The second kappa shape index (κ2) is 5.18. The lowest BCUT2D eigenvalue weighted by atomic mass is 9.99. The molecule has 3 rings (SSSR count). The summed E-state index contributed by atoms with van der Waals surface area (Å²) in [4.78, 5) is 12.7. The summed E-state index contributed by atoms with van der Waals surface area (Å²) in [5.41, 5.74) is 2.18. The first-order valence-electron chi connectivity index (χ1n) is 6.78. The van der Waals surface area contributed by atoms with Gasteiger partial charge in [-0.2, -0.15) is 4.74 Å². The molecule has 2 aromatic carbocycles. The number of rotatable bonds is 3. The van der Waals surface area contributed by atoms with E-state index in [1.54, 1.807) is 30.3 Å². The molecule has 2 aromatic rings. The average molecular weight is 297 g/mol. The molecule has 0 bridgehead atoms. The molecule has 0 saturated carbocycles. The Morgan fingerprint density at radius 2 is 1.68 bits per heavy atom. The molecule has 0 spiro atoms. The van der Waals surface area contributed by atoms with Gasteiger partial charge >= 0.3 is 0 Å². The molecule has 0 N–H and O–H groups in total. The molecule has 1 heterocycles. The summed E-state index contributed by atoms with van der Waals surface area (Å²) in [5, 5.41) is 12.5. The summed E-state index contributed by atoms with van der Waals surface area (Å²) in [5.74, 6) is 0.768. The van der Waals surface area contributed by atoms with Crippen LogP contribution in [-0.4, -0.2) is 30.5 Å². The van der Waals surface area contributed by atoms with Crippen LogP contribution < -0.4 is 9.47 Å². The third kappa shape index (κ3) is 2.02. The van der Waals surface area contributed by atoms with Crippen LogP contribution >= 0.6 is 0 Å². The molecule has 0 unspecified atom stereocenters. The highest BCUT2D eigenvalue weighted by molar-refractivity contribution is 6.52. The minimum Gasteiger partial charge on any atom is -0.618 e. The zero-order valence-electron chi connectivity index (χ0n) is 12.5. The van der Waals surface area contributed by atoms with E-state index >= 15 is 0 Å². The number of hydrogen-bond donors (Lipinski definition) is 0. The van der Waals surface area contributed by atoms with Gasteiger partial charge in [-0.3, -0.25) is 4.79 Å². The van der Waals surface area contributed by atoms with Crippen LogP contribution in [0.15, 0.2) is 36.4 Å². The predicted molar refractivity (Wildman–Crippen MR) is 82.5 cm³/mol. The predicted octanol–water partition coefficient (Wildman–Crippen LogP) is 2.84. The zero-order valence-corrected chi connectivity index (χ0v) is 12.5. The molecular weight excluding hydrogens is 282 g/mol. The van der Waals surface area contributed by atoms with Crippen LogP contribution in [0, 0.1) is 12.1 Å². The maximum Gasteiger partial charge on any atom is 0.273 e. The minimum atomic E-state index is -0.279. The van der Waals surface area contributed by atoms with Crippen molar-refractivity contribution in [2.75, 3.05) is 14.2 Å². The fourth-order valence-corrected chi connectivity index (χ4v) is 2.64. The lowest BCUT2D eigenvalue weighted by molar-refractivity contribution is -0.355. The standard InChI is InChI=1S/C17H15NO4/c1-10-5-4-6-14-15(10)17(19)16(18(14)20)11-7-12(21-2)9-13(8-11)22-3/h4-9H,1-3H3. The largest absolute Gasteiger partial charge is 0.618 e. The molecular formula is C17H15NO4. The van der Waals surface area contributed by atoms with E-state index in [2.05, 4.69) is 0 Å². The third-order valence-corrected chi connectivity index (χ3v) is 3.74. The number of nitrogens with zero attached hydrogens (tertiary/aromatic N) is 1. The fraction of sp³-hybridized carbons (Fsp3) is 0.176. The second-order valence-electron chi connectivity index (χ2n) is 5.04. The van der Waals surface area contributed by atoms with Crippen molar-refractivity contribution in [3.63, 3.8) is 0 Å². The lowest BCUT2D eigenvalue weighted by Gasteiger charge is -2.07. The number of aryl methyl sites for hydroxylation is 1.